The van der Waals surface area contributed by atoms with Crippen LogP contribution in [-0.2, 0) is 0 Å². The van der Waals surface area contributed by atoms with Crippen molar-refractivity contribution in [2.75, 3.05) is 0 Å². The van der Waals surface area contributed by atoms with Crippen LogP contribution in [0.3, 0.4) is 0 Å². The van der Waals surface area contributed by atoms with Crippen LogP contribution in [0.25, 0.3) is 0 Å². The summed E-state index contributed by atoms with van der Waals surface area (Å²) in [7, 11) is 0. The van der Waals surface area contributed by atoms with E-state index in [0.717, 1.165) is 12.2 Å². The Kier molecular flexibility index (Phi) is 4.31. The van der Waals surface area contributed by atoms with Crippen LogP contribution in [0.15, 0.2) is 39.2 Å². The van der Waals surface area contributed by atoms with Gasteiger partial charge >= 0.3 is 0 Å². The van der Waals surface area contributed by atoms with E-state index in [1.807, 2.05) is 13.0 Å². The van der Waals surface area contributed by atoms with E-state index >= 15 is 0 Å². The Morgan fingerprint density at radius 1 is 1.47 bits per heavy atom. The highest BCUT2D eigenvalue weighted by atomic mass is 32.2. The van der Waals surface area contributed by atoms with Gasteiger partial charge in [0.25, 0.3) is 0 Å². The lowest BCUT2D eigenvalue weighted by Crippen LogP contribution is -2.25. The first-order valence-corrected chi connectivity index (χ1v) is 7.48. The Hall–Kier alpha value is -0.710. The number of hydrogen-bond acceptors (Lipinski definition) is 4. The number of furan rings is 1. The van der Waals surface area contributed by atoms with Crippen LogP contribution < -0.4 is 5.73 Å². The highest BCUT2D eigenvalue weighted by molar-refractivity contribution is 7.99. The third-order valence-electron chi connectivity index (χ3n) is 2.75. The van der Waals surface area contributed by atoms with Crippen LogP contribution in [0.2, 0.25) is 0 Å². The van der Waals surface area contributed by atoms with Gasteiger partial charge in [0.05, 0.1) is 11.5 Å². The summed E-state index contributed by atoms with van der Waals surface area (Å²) in [5.74, 6) is 0.972. The molecule has 0 saturated carbocycles. The fraction of sp³-hybridized carbons (Fsp3) is 0.385. The van der Waals surface area contributed by atoms with Crippen molar-refractivity contribution < 1.29 is 4.42 Å². The number of thiophene rings is 1. The molecule has 2 unspecified atom stereocenters. The summed E-state index contributed by atoms with van der Waals surface area (Å²) in [6, 6.07) is 6.43. The van der Waals surface area contributed by atoms with E-state index in [0.29, 0.717) is 5.25 Å². The van der Waals surface area contributed by atoms with Crippen molar-refractivity contribution in [1.82, 2.24) is 0 Å². The van der Waals surface area contributed by atoms with Crippen molar-refractivity contribution in [2.45, 2.75) is 36.5 Å². The lowest BCUT2D eigenvalue weighted by molar-refractivity contribution is 0.526. The zero-order valence-electron chi connectivity index (χ0n) is 10.1. The van der Waals surface area contributed by atoms with Crippen LogP contribution in [-0.4, -0.2) is 6.04 Å². The second-order valence-corrected chi connectivity index (χ2v) is 6.13. The van der Waals surface area contributed by atoms with Gasteiger partial charge in [-0.1, -0.05) is 13.0 Å². The van der Waals surface area contributed by atoms with Crippen molar-refractivity contribution in [1.29, 1.82) is 0 Å². The summed E-state index contributed by atoms with van der Waals surface area (Å²) in [6.45, 7) is 4.12. The van der Waals surface area contributed by atoms with E-state index in [9.17, 15) is 0 Å². The predicted molar refractivity (Wildman–Crippen MR) is 74.6 cm³/mol. The molecule has 4 heteroatoms. The first kappa shape index (κ1) is 12.7. The molecule has 0 aliphatic carbocycles. The van der Waals surface area contributed by atoms with Crippen LogP contribution in [0.1, 0.15) is 29.2 Å². The standard InChI is InChI=1S/C13H17NOS2/c1-3-10(14)13(12-5-4-8-16-12)17-11-6-7-15-9(11)2/h4-8,10,13H,3,14H2,1-2H3. The maximum absolute atomic E-state index is 6.23. The van der Waals surface area contributed by atoms with Gasteiger partial charge < -0.3 is 10.2 Å². The van der Waals surface area contributed by atoms with Crippen LogP contribution in [0.5, 0.6) is 0 Å². The molecule has 92 valence electrons. The van der Waals surface area contributed by atoms with Gasteiger partial charge in [0.15, 0.2) is 0 Å². The molecule has 2 atom stereocenters. The zero-order chi connectivity index (χ0) is 12.3. The quantitative estimate of drug-likeness (QED) is 0.824. The lowest BCUT2D eigenvalue weighted by Gasteiger charge is -2.20. The summed E-state index contributed by atoms with van der Waals surface area (Å²) in [5.41, 5.74) is 6.23. The smallest absolute Gasteiger partial charge is 0.114 e. The van der Waals surface area contributed by atoms with Gasteiger partial charge in [0.2, 0.25) is 0 Å². The Morgan fingerprint density at radius 2 is 2.29 bits per heavy atom. The fourth-order valence-corrected chi connectivity index (χ4v) is 3.93. The number of nitrogens with two attached hydrogens (primary N) is 1. The fourth-order valence-electron chi connectivity index (χ4n) is 1.66. The first-order valence-electron chi connectivity index (χ1n) is 5.72. The molecule has 17 heavy (non-hydrogen) atoms. The van der Waals surface area contributed by atoms with Gasteiger partial charge in [0, 0.05) is 15.8 Å². The molecule has 2 heterocycles. The van der Waals surface area contributed by atoms with Crippen LogP contribution in [0.4, 0.5) is 0 Å². The molecule has 2 aromatic heterocycles. The summed E-state index contributed by atoms with van der Waals surface area (Å²) < 4.78 is 5.34. The van der Waals surface area contributed by atoms with E-state index in [-0.39, 0.29) is 6.04 Å². The molecular formula is C13H17NOS2. The second-order valence-electron chi connectivity index (χ2n) is 3.97. The highest BCUT2D eigenvalue weighted by Crippen LogP contribution is 2.41. The van der Waals surface area contributed by atoms with Gasteiger partial charge in [-0.05, 0) is 30.9 Å². The van der Waals surface area contributed by atoms with Gasteiger partial charge in [0.1, 0.15) is 5.76 Å². The third kappa shape index (κ3) is 2.94. The number of rotatable bonds is 5. The van der Waals surface area contributed by atoms with Crippen molar-refractivity contribution >= 4 is 23.1 Å². The maximum Gasteiger partial charge on any atom is 0.114 e. The Morgan fingerprint density at radius 3 is 2.82 bits per heavy atom. The van der Waals surface area contributed by atoms with Gasteiger partial charge in [-0.3, -0.25) is 0 Å². The van der Waals surface area contributed by atoms with Crippen LogP contribution >= 0.6 is 23.1 Å². The number of hydrogen-bond donors (Lipinski definition) is 1. The van der Waals surface area contributed by atoms with Gasteiger partial charge in [-0.15, -0.1) is 23.1 Å². The topological polar surface area (TPSA) is 39.2 Å². The first-order chi connectivity index (χ1) is 8.22. The molecule has 0 radical (unpaired) electrons. The zero-order valence-corrected chi connectivity index (χ0v) is 11.7. The average molecular weight is 267 g/mol. The summed E-state index contributed by atoms with van der Waals surface area (Å²) in [5, 5.41) is 2.42. The average Bonchev–Trinajstić information content (AvgIpc) is 2.97. The monoisotopic (exact) mass is 267 g/mol. The SMILES string of the molecule is CCC(N)C(Sc1ccoc1C)c1cccs1. The minimum absolute atomic E-state index is 0.174. The molecule has 2 aromatic rings. The molecule has 0 saturated heterocycles. The summed E-state index contributed by atoms with van der Waals surface area (Å²) in [4.78, 5) is 2.53. The minimum atomic E-state index is 0.174. The highest BCUT2D eigenvalue weighted by Gasteiger charge is 2.22. The van der Waals surface area contributed by atoms with Crippen molar-refractivity contribution in [2.24, 2.45) is 5.73 Å². The second kappa shape index (κ2) is 5.76. The van der Waals surface area contributed by atoms with Gasteiger partial charge in [-0.2, -0.15) is 0 Å². The molecule has 2 N–H and O–H groups in total. The minimum Gasteiger partial charge on any atom is -0.468 e. The van der Waals surface area contributed by atoms with E-state index in [1.165, 1.54) is 9.77 Å². The molecule has 2 rings (SSSR count). The van der Waals surface area contributed by atoms with Crippen molar-refractivity contribution in [3.05, 3.63) is 40.5 Å². The molecule has 2 nitrogen and oxygen atoms in total. The molecule has 0 aliphatic rings. The number of thioether (sulfide) groups is 1. The largest absolute Gasteiger partial charge is 0.468 e. The van der Waals surface area contributed by atoms with Crippen LogP contribution in [0, 0.1) is 6.92 Å². The van der Waals surface area contributed by atoms with E-state index in [1.54, 1.807) is 29.4 Å². The molecule has 0 aromatic carbocycles. The molecule has 0 fully saturated rings. The maximum atomic E-state index is 6.23. The molecule has 0 amide bonds. The molecule has 0 spiro atoms. The van der Waals surface area contributed by atoms with E-state index in [2.05, 4.69) is 24.4 Å². The number of aryl methyl sites for hydroxylation is 1. The molecule has 0 aliphatic heterocycles. The molecular weight excluding hydrogens is 250 g/mol. The Bertz CT molecular complexity index is 450. The normalized spacial score (nSPS) is 14.8. The van der Waals surface area contributed by atoms with E-state index in [4.69, 9.17) is 10.2 Å². The third-order valence-corrected chi connectivity index (χ3v) is 5.39. The van der Waals surface area contributed by atoms with E-state index < -0.39 is 0 Å². The lowest BCUT2D eigenvalue weighted by atomic mass is 10.1. The van der Waals surface area contributed by atoms with Crippen molar-refractivity contribution in [3.8, 4) is 0 Å². The summed E-state index contributed by atoms with van der Waals surface area (Å²) in [6.07, 6.45) is 2.72. The van der Waals surface area contributed by atoms with Crippen molar-refractivity contribution in [3.63, 3.8) is 0 Å². The summed E-state index contributed by atoms with van der Waals surface area (Å²) >= 11 is 3.58. The Labute approximate surface area is 110 Å². The van der Waals surface area contributed by atoms with Gasteiger partial charge in [-0.25, -0.2) is 0 Å². The molecule has 0 bridgehead atoms. The predicted octanol–water partition coefficient (Wildman–Crippen LogP) is 4.22. The Balaban J connectivity index is 2.20.